The van der Waals surface area contributed by atoms with Gasteiger partial charge in [-0.3, -0.25) is 0 Å². The van der Waals surface area contributed by atoms with E-state index in [-0.39, 0.29) is 0 Å². The van der Waals surface area contributed by atoms with E-state index in [0.29, 0.717) is 0 Å². The summed E-state index contributed by atoms with van der Waals surface area (Å²) in [4.78, 5) is 0. The van der Waals surface area contributed by atoms with Gasteiger partial charge in [-0.25, -0.2) is 0 Å². The molecular weight excluding hydrogens is 616 g/mol. The minimum atomic E-state index is 1.12. The molecule has 40 heavy (non-hydrogen) atoms. The summed E-state index contributed by atoms with van der Waals surface area (Å²) in [7, 11) is 0. The normalized spacial score (nSPS) is 11.8. The average Bonchev–Trinajstić information content (AvgIpc) is 2.95. The molecule has 0 radical (unpaired) electrons. The Kier molecular flexibility index (Phi) is 6.11. The van der Waals surface area contributed by atoms with E-state index in [1.165, 1.54) is 87.2 Å². The summed E-state index contributed by atoms with van der Waals surface area (Å²) < 4.78 is 2.24. The van der Waals surface area contributed by atoms with E-state index in [9.17, 15) is 0 Å². The van der Waals surface area contributed by atoms with Gasteiger partial charge < -0.3 is 0 Å². The number of hydrogen-bond acceptors (Lipinski definition) is 0. The van der Waals surface area contributed by atoms with E-state index in [1.807, 2.05) is 13.8 Å². The molecule has 2 heteroatoms. The van der Waals surface area contributed by atoms with Crippen molar-refractivity contribution in [3.8, 4) is 22.3 Å². The molecule has 0 aliphatic carbocycles. The zero-order valence-electron chi connectivity index (χ0n) is 23.0. The lowest BCUT2D eigenvalue weighted by Gasteiger charge is -2.19. The standard InChI is InChI=1S/C36H22Br2.C2H6/c1-19-11-29(37)7-9-31(19)25-13-21-3-5-24-16-28-18-26(32-10-8-30(38)12-20(32)2)14-22-4-6-23-15-27(17-25)33(21)35(24)36(23)34(22)28;1-2/h3-18H,1-2H3;1-2H3. The van der Waals surface area contributed by atoms with Crippen LogP contribution < -0.4 is 0 Å². The van der Waals surface area contributed by atoms with Gasteiger partial charge in [-0.2, -0.15) is 0 Å². The molecular formula is C38H28Br2. The molecule has 0 spiro atoms. The van der Waals surface area contributed by atoms with Crippen molar-refractivity contribution in [2.45, 2.75) is 27.7 Å². The molecule has 0 saturated heterocycles. The predicted octanol–water partition coefficient (Wildman–Crippen LogP) is 12.8. The molecule has 0 bridgehead atoms. The fraction of sp³-hybridized carbons (Fsp3) is 0.105. The maximum absolute atomic E-state index is 3.62. The topological polar surface area (TPSA) is 0 Å². The van der Waals surface area contributed by atoms with Gasteiger partial charge in [0.05, 0.1) is 0 Å². The first-order valence-electron chi connectivity index (χ1n) is 13.9. The van der Waals surface area contributed by atoms with E-state index in [0.717, 1.165) is 8.95 Å². The fourth-order valence-corrected chi connectivity index (χ4v) is 7.54. The van der Waals surface area contributed by atoms with Crippen molar-refractivity contribution < 1.29 is 0 Å². The molecule has 8 rings (SSSR count). The Labute approximate surface area is 251 Å². The lowest BCUT2D eigenvalue weighted by Crippen LogP contribution is -1.92. The van der Waals surface area contributed by atoms with Crippen molar-refractivity contribution in [1.29, 1.82) is 0 Å². The number of hydrogen-bond donors (Lipinski definition) is 0. The molecule has 8 aromatic carbocycles. The summed E-state index contributed by atoms with van der Waals surface area (Å²) in [6.07, 6.45) is 0. The van der Waals surface area contributed by atoms with Crippen molar-refractivity contribution in [3.63, 3.8) is 0 Å². The monoisotopic (exact) mass is 642 g/mol. The van der Waals surface area contributed by atoms with E-state index in [2.05, 4.69) is 143 Å². The molecule has 8 aromatic rings. The van der Waals surface area contributed by atoms with Crippen LogP contribution in [0.15, 0.2) is 106 Å². The lowest BCUT2D eigenvalue weighted by molar-refractivity contribution is 1.45. The smallest absolute Gasteiger partial charge is 0.0178 e. The third-order valence-electron chi connectivity index (χ3n) is 8.23. The predicted molar refractivity (Wildman–Crippen MR) is 183 cm³/mol. The Morgan fingerprint density at radius 3 is 1.10 bits per heavy atom. The van der Waals surface area contributed by atoms with Crippen LogP contribution in [-0.2, 0) is 0 Å². The Bertz CT molecular complexity index is 2060. The van der Waals surface area contributed by atoms with Crippen LogP contribution in [0.5, 0.6) is 0 Å². The number of benzene rings is 8. The third-order valence-corrected chi connectivity index (χ3v) is 9.22. The van der Waals surface area contributed by atoms with Gasteiger partial charge >= 0.3 is 0 Å². The van der Waals surface area contributed by atoms with Crippen molar-refractivity contribution >= 4 is 85.7 Å². The van der Waals surface area contributed by atoms with E-state index < -0.39 is 0 Å². The highest BCUT2D eigenvalue weighted by Crippen LogP contribution is 2.46. The fourth-order valence-electron chi connectivity index (χ4n) is 6.59. The van der Waals surface area contributed by atoms with Gasteiger partial charge in [-0.05, 0) is 162 Å². The SMILES string of the molecule is CC.Cc1cc(Br)ccc1-c1cc2ccc3cc4cc(-c5ccc(Br)cc5C)cc5ccc6cc(c1)c2c3c6c54. The summed E-state index contributed by atoms with van der Waals surface area (Å²) in [5.41, 5.74) is 7.67. The number of rotatable bonds is 2. The lowest BCUT2D eigenvalue weighted by atomic mass is 9.84. The number of halogens is 2. The van der Waals surface area contributed by atoms with Crippen LogP contribution in [-0.4, -0.2) is 0 Å². The van der Waals surface area contributed by atoms with E-state index >= 15 is 0 Å². The summed E-state index contributed by atoms with van der Waals surface area (Å²) in [6.45, 7) is 8.38. The minimum Gasteiger partial charge on any atom is -0.0683 e. The zero-order valence-corrected chi connectivity index (χ0v) is 26.2. The molecule has 0 aromatic heterocycles. The molecule has 0 saturated carbocycles. The van der Waals surface area contributed by atoms with Gasteiger partial charge in [0, 0.05) is 8.95 Å². The Morgan fingerprint density at radius 1 is 0.375 bits per heavy atom. The molecule has 0 aliphatic rings. The number of aryl methyl sites for hydroxylation is 2. The second kappa shape index (κ2) is 9.58. The average molecular weight is 644 g/mol. The summed E-state index contributed by atoms with van der Waals surface area (Å²) in [5, 5.41) is 13.4. The van der Waals surface area contributed by atoms with E-state index in [4.69, 9.17) is 0 Å². The highest BCUT2D eigenvalue weighted by Gasteiger charge is 2.18. The Morgan fingerprint density at radius 2 is 0.725 bits per heavy atom. The highest BCUT2D eigenvalue weighted by atomic mass is 79.9. The largest absolute Gasteiger partial charge is 0.0683 e. The first-order chi connectivity index (χ1) is 19.4. The van der Waals surface area contributed by atoms with Gasteiger partial charge in [0.2, 0.25) is 0 Å². The van der Waals surface area contributed by atoms with E-state index in [1.54, 1.807) is 0 Å². The van der Waals surface area contributed by atoms with Crippen LogP contribution in [0.4, 0.5) is 0 Å². The summed E-state index contributed by atoms with van der Waals surface area (Å²) >= 11 is 7.24. The molecule has 0 unspecified atom stereocenters. The van der Waals surface area contributed by atoms with Crippen LogP contribution in [0, 0.1) is 13.8 Å². The van der Waals surface area contributed by atoms with Crippen LogP contribution >= 0.6 is 31.9 Å². The van der Waals surface area contributed by atoms with Crippen molar-refractivity contribution in [3.05, 3.63) is 117 Å². The molecule has 0 heterocycles. The van der Waals surface area contributed by atoms with Crippen LogP contribution in [0.3, 0.4) is 0 Å². The second-order valence-corrected chi connectivity index (χ2v) is 12.4. The van der Waals surface area contributed by atoms with Gasteiger partial charge in [0.1, 0.15) is 0 Å². The van der Waals surface area contributed by atoms with Crippen LogP contribution in [0.1, 0.15) is 25.0 Å². The molecule has 0 amide bonds. The maximum atomic E-state index is 3.62. The van der Waals surface area contributed by atoms with Crippen LogP contribution in [0.25, 0.3) is 76.1 Å². The molecule has 0 nitrogen and oxygen atoms in total. The van der Waals surface area contributed by atoms with Crippen LogP contribution in [0.2, 0.25) is 0 Å². The molecule has 0 atom stereocenters. The molecule has 0 fully saturated rings. The maximum Gasteiger partial charge on any atom is 0.0178 e. The summed E-state index contributed by atoms with van der Waals surface area (Å²) in [6, 6.07) is 36.6. The highest BCUT2D eigenvalue weighted by molar-refractivity contribution is 9.10. The van der Waals surface area contributed by atoms with Gasteiger partial charge in [-0.1, -0.05) is 82.1 Å². The van der Waals surface area contributed by atoms with Gasteiger partial charge in [0.25, 0.3) is 0 Å². The van der Waals surface area contributed by atoms with Gasteiger partial charge in [-0.15, -0.1) is 0 Å². The van der Waals surface area contributed by atoms with Crippen molar-refractivity contribution in [2.24, 2.45) is 0 Å². The Hall–Kier alpha value is -3.46. The van der Waals surface area contributed by atoms with Gasteiger partial charge in [0.15, 0.2) is 0 Å². The summed E-state index contributed by atoms with van der Waals surface area (Å²) in [5.74, 6) is 0. The first-order valence-corrected chi connectivity index (χ1v) is 15.5. The van der Waals surface area contributed by atoms with Crippen molar-refractivity contribution in [1.82, 2.24) is 0 Å². The first kappa shape index (κ1) is 25.5. The minimum absolute atomic E-state index is 1.12. The third kappa shape index (κ3) is 3.84. The Balaban J connectivity index is 0.00000130. The zero-order chi connectivity index (χ0) is 27.7. The second-order valence-electron chi connectivity index (χ2n) is 10.6. The molecule has 194 valence electrons. The van der Waals surface area contributed by atoms with Crippen molar-refractivity contribution in [2.75, 3.05) is 0 Å². The molecule has 0 aliphatic heterocycles. The quantitative estimate of drug-likeness (QED) is 0.130. The molecule has 0 N–H and O–H groups in total.